The highest BCUT2D eigenvalue weighted by Crippen LogP contribution is 2.38. The van der Waals surface area contributed by atoms with E-state index in [0.717, 1.165) is 0 Å². The average molecular weight is 297 g/mol. The van der Waals surface area contributed by atoms with Gasteiger partial charge < -0.3 is 25.8 Å². The number of hydrogen-bond donors (Lipinski definition) is 5. The zero-order valence-electron chi connectivity index (χ0n) is 11.1. The second kappa shape index (κ2) is 4.49. The molecule has 1 aliphatic heterocycles. The Morgan fingerprint density at radius 2 is 2.33 bits per heavy atom. The number of nitrogens with two attached hydrogens (primary N) is 1. The van der Waals surface area contributed by atoms with Crippen molar-refractivity contribution in [2.24, 2.45) is 0 Å². The predicted octanol–water partition coefficient (Wildman–Crippen LogP) is -2.30. The Morgan fingerprint density at radius 3 is 2.95 bits per heavy atom. The molecule has 0 spiro atoms. The van der Waals surface area contributed by atoms with E-state index in [-0.39, 0.29) is 17.1 Å². The second-order valence-electron chi connectivity index (χ2n) is 5.16. The standard InChI is InChI=1S/C11H15N5O5/c1-11(20)6(18)4(2-17)21-9(11)16-3-13-5-7(16)14-10(12)15-8(5)19/h3-4,6,9,17-18,20H,2H2,1H3,(H3,12,14,15,19)/t4-,6?,9?,11+/m1/s1. The highest BCUT2D eigenvalue weighted by Gasteiger charge is 2.53. The topological polar surface area (TPSA) is 160 Å². The SMILES string of the molecule is C[C@]1(O)C(O)[C@@H](CO)OC1n1cnc2c(=O)[nH]c(N)nc21. The van der Waals surface area contributed by atoms with E-state index in [0.29, 0.717) is 0 Å². The lowest BCUT2D eigenvalue weighted by Crippen LogP contribution is -2.44. The van der Waals surface area contributed by atoms with Gasteiger partial charge in [-0.2, -0.15) is 4.98 Å². The Hall–Kier alpha value is -2.01. The number of hydrogen-bond acceptors (Lipinski definition) is 8. The molecule has 0 amide bonds. The van der Waals surface area contributed by atoms with Crippen LogP contribution in [0.3, 0.4) is 0 Å². The van der Waals surface area contributed by atoms with Crippen molar-refractivity contribution in [1.29, 1.82) is 0 Å². The third kappa shape index (κ3) is 1.92. The number of aliphatic hydroxyl groups excluding tert-OH is 2. The molecular weight excluding hydrogens is 282 g/mol. The quantitative estimate of drug-likeness (QED) is 0.414. The summed E-state index contributed by atoms with van der Waals surface area (Å²) >= 11 is 0. The molecule has 0 aliphatic carbocycles. The van der Waals surface area contributed by atoms with Crippen molar-refractivity contribution in [1.82, 2.24) is 19.5 Å². The summed E-state index contributed by atoms with van der Waals surface area (Å²) in [6.45, 7) is 0.900. The van der Waals surface area contributed by atoms with Crippen LogP contribution in [0.5, 0.6) is 0 Å². The molecule has 1 aliphatic rings. The maximum atomic E-state index is 11.7. The van der Waals surface area contributed by atoms with E-state index in [4.69, 9.17) is 10.5 Å². The smallest absolute Gasteiger partial charge is 0.280 e. The fraction of sp³-hybridized carbons (Fsp3) is 0.545. The summed E-state index contributed by atoms with van der Waals surface area (Å²) in [5.41, 5.74) is 3.44. The number of aromatic nitrogens is 4. The van der Waals surface area contributed by atoms with Gasteiger partial charge in [0.2, 0.25) is 5.95 Å². The number of nitrogen functional groups attached to an aromatic ring is 1. The van der Waals surface area contributed by atoms with Gasteiger partial charge in [-0.25, -0.2) is 4.98 Å². The van der Waals surface area contributed by atoms with Gasteiger partial charge in [-0.3, -0.25) is 14.3 Å². The molecule has 2 aromatic rings. The van der Waals surface area contributed by atoms with Gasteiger partial charge in [-0.05, 0) is 6.92 Å². The first kappa shape index (κ1) is 13.9. The van der Waals surface area contributed by atoms with Crippen molar-refractivity contribution in [3.63, 3.8) is 0 Å². The van der Waals surface area contributed by atoms with Crippen molar-refractivity contribution in [3.05, 3.63) is 16.7 Å². The number of anilines is 1. The van der Waals surface area contributed by atoms with Crippen molar-refractivity contribution in [2.75, 3.05) is 12.3 Å². The molecular formula is C11H15N5O5. The van der Waals surface area contributed by atoms with E-state index < -0.39 is 36.2 Å². The van der Waals surface area contributed by atoms with Crippen LogP contribution in [0.2, 0.25) is 0 Å². The summed E-state index contributed by atoms with van der Waals surface area (Å²) in [7, 11) is 0. The van der Waals surface area contributed by atoms with Crippen LogP contribution in [-0.2, 0) is 4.74 Å². The van der Waals surface area contributed by atoms with Crippen LogP contribution >= 0.6 is 0 Å². The largest absolute Gasteiger partial charge is 0.394 e. The minimum atomic E-state index is -1.69. The summed E-state index contributed by atoms with van der Waals surface area (Å²) in [5.74, 6) is -0.105. The normalized spacial score (nSPS) is 32.9. The molecule has 0 saturated carbocycles. The molecule has 2 unspecified atom stereocenters. The Kier molecular flexibility index (Phi) is 2.99. The van der Waals surface area contributed by atoms with E-state index in [1.807, 2.05) is 0 Å². The molecule has 10 nitrogen and oxygen atoms in total. The van der Waals surface area contributed by atoms with E-state index in [9.17, 15) is 20.1 Å². The minimum absolute atomic E-state index is 0.0329. The van der Waals surface area contributed by atoms with Crippen molar-refractivity contribution in [3.8, 4) is 0 Å². The molecule has 0 aromatic carbocycles. The molecule has 21 heavy (non-hydrogen) atoms. The number of nitrogens with one attached hydrogen (secondary N) is 1. The highest BCUT2D eigenvalue weighted by atomic mass is 16.6. The van der Waals surface area contributed by atoms with Crippen LogP contribution in [0, 0.1) is 0 Å². The van der Waals surface area contributed by atoms with Crippen LogP contribution in [0.25, 0.3) is 11.2 Å². The molecule has 3 rings (SSSR count). The van der Waals surface area contributed by atoms with Gasteiger partial charge in [0, 0.05) is 0 Å². The van der Waals surface area contributed by atoms with E-state index in [1.165, 1.54) is 17.8 Å². The van der Waals surface area contributed by atoms with E-state index in [1.54, 1.807) is 0 Å². The summed E-state index contributed by atoms with van der Waals surface area (Å²) in [5, 5.41) is 29.6. The molecule has 1 fully saturated rings. The molecule has 6 N–H and O–H groups in total. The first-order valence-corrected chi connectivity index (χ1v) is 6.25. The molecule has 4 atom stereocenters. The molecule has 10 heteroatoms. The third-order valence-corrected chi connectivity index (χ3v) is 3.64. The molecule has 2 aromatic heterocycles. The summed E-state index contributed by atoms with van der Waals surface area (Å²) in [6.07, 6.45) is -2.06. The van der Waals surface area contributed by atoms with Gasteiger partial charge in [0.25, 0.3) is 5.56 Å². The lowest BCUT2D eigenvalue weighted by atomic mass is 9.96. The van der Waals surface area contributed by atoms with Gasteiger partial charge in [0.1, 0.15) is 17.8 Å². The van der Waals surface area contributed by atoms with Gasteiger partial charge in [-0.15, -0.1) is 0 Å². The van der Waals surface area contributed by atoms with Crippen LogP contribution in [0.15, 0.2) is 11.1 Å². The first-order valence-electron chi connectivity index (χ1n) is 6.25. The monoisotopic (exact) mass is 297 g/mol. The van der Waals surface area contributed by atoms with Crippen molar-refractivity contribution < 1.29 is 20.1 Å². The number of H-pyrrole nitrogens is 1. The number of aliphatic hydroxyl groups is 3. The summed E-state index contributed by atoms with van der Waals surface area (Å²) in [6, 6.07) is 0. The van der Waals surface area contributed by atoms with E-state index >= 15 is 0 Å². The average Bonchev–Trinajstić information content (AvgIpc) is 2.91. The zero-order valence-corrected chi connectivity index (χ0v) is 11.1. The van der Waals surface area contributed by atoms with Crippen molar-refractivity contribution in [2.45, 2.75) is 31.0 Å². The lowest BCUT2D eigenvalue weighted by molar-refractivity contribution is -0.0950. The minimum Gasteiger partial charge on any atom is -0.394 e. The first-order chi connectivity index (χ1) is 9.86. The fourth-order valence-electron chi connectivity index (χ4n) is 2.50. The Balaban J connectivity index is 2.15. The number of imidazole rings is 1. The molecule has 114 valence electrons. The maximum absolute atomic E-state index is 11.7. The fourth-order valence-corrected chi connectivity index (χ4v) is 2.50. The molecule has 3 heterocycles. The maximum Gasteiger partial charge on any atom is 0.280 e. The Labute approximate surface area is 117 Å². The van der Waals surface area contributed by atoms with E-state index in [2.05, 4.69) is 15.0 Å². The molecule has 0 bridgehead atoms. The lowest BCUT2D eigenvalue weighted by Gasteiger charge is -2.27. The zero-order chi connectivity index (χ0) is 15.4. The third-order valence-electron chi connectivity index (χ3n) is 3.64. The van der Waals surface area contributed by atoms with Crippen LogP contribution < -0.4 is 11.3 Å². The number of fused-ring (bicyclic) bond motifs is 1. The predicted molar refractivity (Wildman–Crippen MR) is 70.2 cm³/mol. The summed E-state index contributed by atoms with van der Waals surface area (Å²) < 4.78 is 6.76. The van der Waals surface area contributed by atoms with Crippen LogP contribution in [0.4, 0.5) is 5.95 Å². The second-order valence-corrected chi connectivity index (χ2v) is 5.16. The number of aromatic amines is 1. The summed E-state index contributed by atoms with van der Waals surface area (Å²) in [4.78, 5) is 21.9. The van der Waals surface area contributed by atoms with Gasteiger partial charge in [-0.1, -0.05) is 0 Å². The molecule has 0 radical (unpaired) electrons. The van der Waals surface area contributed by atoms with Gasteiger partial charge >= 0.3 is 0 Å². The number of ether oxygens (including phenoxy) is 1. The van der Waals surface area contributed by atoms with Crippen LogP contribution in [0.1, 0.15) is 13.2 Å². The Morgan fingerprint density at radius 1 is 1.62 bits per heavy atom. The highest BCUT2D eigenvalue weighted by molar-refractivity contribution is 5.70. The van der Waals surface area contributed by atoms with Gasteiger partial charge in [0.05, 0.1) is 12.9 Å². The van der Waals surface area contributed by atoms with Crippen LogP contribution in [-0.4, -0.2) is 59.3 Å². The number of nitrogens with zero attached hydrogens (tertiary/aromatic N) is 3. The van der Waals surface area contributed by atoms with Crippen molar-refractivity contribution >= 4 is 17.1 Å². The Bertz CT molecular complexity index is 738. The van der Waals surface area contributed by atoms with Gasteiger partial charge in [0.15, 0.2) is 17.4 Å². The number of rotatable bonds is 2. The molecule has 1 saturated heterocycles.